The molecule has 2 heterocycles. The van der Waals surface area contributed by atoms with E-state index in [-0.39, 0.29) is 46.1 Å². The fourth-order valence-corrected chi connectivity index (χ4v) is 5.81. The monoisotopic (exact) mass is 625 g/mol. The predicted molar refractivity (Wildman–Crippen MR) is 163 cm³/mol. The molecule has 0 radical (unpaired) electrons. The predicted octanol–water partition coefficient (Wildman–Crippen LogP) is 5.62. The lowest BCUT2D eigenvalue weighted by Gasteiger charge is -2.16. The first-order valence-corrected chi connectivity index (χ1v) is 14.4. The molecule has 2 aromatic heterocycles. The van der Waals surface area contributed by atoms with E-state index in [1.165, 1.54) is 41.0 Å². The van der Waals surface area contributed by atoms with Crippen LogP contribution in [0.4, 0.5) is 10.1 Å². The van der Waals surface area contributed by atoms with E-state index >= 15 is 0 Å². The molecule has 1 aliphatic carbocycles. The number of carboxylic acid groups (broad SMARTS) is 1. The zero-order valence-corrected chi connectivity index (χ0v) is 24.6. The molecule has 3 N–H and O–H groups in total. The van der Waals surface area contributed by atoms with E-state index in [1.807, 2.05) is 0 Å². The first-order chi connectivity index (χ1) is 21.6. The summed E-state index contributed by atoms with van der Waals surface area (Å²) >= 11 is 6.27. The maximum atomic E-state index is 13.8. The third-order valence-electron chi connectivity index (χ3n) is 7.86. The normalized spacial score (nSPS) is 13.8. The molecule has 5 aromatic rings. The van der Waals surface area contributed by atoms with Gasteiger partial charge in [0.15, 0.2) is 11.4 Å². The van der Waals surface area contributed by atoms with Crippen molar-refractivity contribution in [3.8, 4) is 0 Å². The first kappa shape index (κ1) is 29.6. The van der Waals surface area contributed by atoms with Crippen LogP contribution in [0.1, 0.15) is 76.4 Å². The number of benzene rings is 3. The minimum absolute atomic E-state index is 0.0159. The van der Waals surface area contributed by atoms with Crippen LogP contribution in [0.3, 0.4) is 0 Å². The van der Waals surface area contributed by atoms with Crippen LogP contribution in [0.5, 0.6) is 0 Å². The molecule has 0 bridgehead atoms. The van der Waals surface area contributed by atoms with E-state index in [9.17, 15) is 28.7 Å². The maximum Gasteiger partial charge on any atom is 0.335 e. The summed E-state index contributed by atoms with van der Waals surface area (Å²) in [6.07, 6.45) is 2.32. The number of aromatic nitrogens is 3. The molecule has 2 amide bonds. The molecule has 45 heavy (non-hydrogen) atoms. The van der Waals surface area contributed by atoms with Crippen molar-refractivity contribution in [3.05, 3.63) is 129 Å². The number of anilines is 1. The summed E-state index contributed by atoms with van der Waals surface area (Å²) in [5, 5.41) is 19.7. The van der Waals surface area contributed by atoms with Crippen LogP contribution in [0, 0.1) is 12.7 Å². The third kappa shape index (κ3) is 5.77. The number of ketones is 1. The van der Waals surface area contributed by atoms with Gasteiger partial charge in [-0.1, -0.05) is 41.9 Å². The fraction of sp³-hybridized carbons (Fsp3) is 0.152. The zero-order chi connectivity index (χ0) is 31.8. The van der Waals surface area contributed by atoms with E-state index in [0.29, 0.717) is 29.0 Å². The second-order valence-corrected chi connectivity index (χ2v) is 11.1. The Bertz CT molecular complexity index is 2040. The van der Waals surface area contributed by atoms with Crippen LogP contribution in [-0.2, 0) is 12.8 Å². The van der Waals surface area contributed by atoms with E-state index in [2.05, 4.69) is 20.7 Å². The molecule has 3 aromatic carbocycles. The molecule has 1 atom stereocenters. The average Bonchev–Trinajstić information content (AvgIpc) is 3.62. The highest BCUT2D eigenvalue weighted by Crippen LogP contribution is 2.35. The first-order valence-electron chi connectivity index (χ1n) is 14.0. The molecular weight excluding hydrogens is 601 g/mol. The van der Waals surface area contributed by atoms with Crippen LogP contribution in [0.2, 0.25) is 5.02 Å². The van der Waals surface area contributed by atoms with Gasteiger partial charge in [0.2, 0.25) is 0 Å². The van der Waals surface area contributed by atoms with E-state index < -0.39 is 29.6 Å². The molecular formula is C33H25ClFN5O5. The Hall–Kier alpha value is -5.42. The van der Waals surface area contributed by atoms with Crippen LogP contribution in [-0.4, -0.2) is 43.3 Å². The third-order valence-corrected chi connectivity index (χ3v) is 8.23. The van der Waals surface area contributed by atoms with Gasteiger partial charge in [-0.2, -0.15) is 5.10 Å². The zero-order valence-electron chi connectivity index (χ0n) is 23.8. The second kappa shape index (κ2) is 11.9. The molecule has 226 valence electrons. The molecule has 12 heteroatoms. The van der Waals surface area contributed by atoms with Crippen molar-refractivity contribution in [2.75, 3.05) is 5.32 Å². The lowest BCUT2D eigenvalue weighted by molar-refractivity contribution is 0.0695. The Kier molecular flexibility index (Phi) is 7.86. The van der Waals surface area contributed by atoms with Crippen molar-refractivity contribution in [3.63, 3.8) is 0 Å². The summed E-state index contributed by atoms with van der Waals surface area (Å²) in [6.45, 7) is 1.74. The van der Waals surface area contributed by atoms with Crippen molar-refractivity contribution in [2.24, 2.45) is 0 Å². The average molecular weight is 626 g/mol. The highest BCUT2D eigenvalue weighted by Gasteiger charge is 2.29. The summed E-state index contributed by atoms with van der Waals surface area (Å²) in [7, 11) is 0. The van der Waals surface area contributed by atoms with Crippen LogP contribution in [0.15, 0.2) is 72.9 Å². The number of rotatable bonds is 8. The number of halogens is 2. The number of nitrogens with zero attached hydrogens (tertiary/aromatic N) is 3. The number of amides is 2. The van der Waals surface area contributed by atoms with Gasteiger partial charge in [0.05, 0.1) is 23.4 Å². The molecule has 0 saturated carbocycles. The Labute approximate surface area is 260 Å². The molecule has 10 nitrogen and oxygen atoms in total. The van der Waals surface area contributed by atoms with Gasteiger partial charge in [-0.05, 0) is 72.4 Å². The fourth-order valence-electron chi connectivity index (χ4n) is 5.60. The topological polar surface area (TPSA) is 143 Å². The number of nitrogens with one attached hydrogen (secondary N) is 2. The van der Waals surface area contributed by atoms with Gasteiger partial charge in [-0.25, -0.2) is 18.7 Å². The summed E-state index contributed by atoms with van der Waals surface area (Å²) in [5.74, 6) is -3.28. The summed E-state index contributed by atoms with van der Waals surface area (Å²) < 4.78 is 15.0. The molecule has 0 fully saturated rings. The quantitative estimate of drug-likeness (QED) is 0.190. The summed E-state index contributed by atoms with van der Waals surface area (Å²) in [6, 6.07) is 16.2. The smallest absolute Gasteiger partial charge is 0.335 e. The maximum absolute atomic E-state index is 13.8. The van der Waals surface area contributed by atoms with Gasteiger partial charge < -0.3 is 15.7 Å². The van der Waals surface area contributed by atoms with Crippen molar-refractivity contribution < 1.29 is 28.7 Å². The number of hydrogen-bond acceptors (Lipinski definition) is 6. The molecule has 0 aliphatic heterocycles. The lowest BCUT2D eigenvalue weighted by Crippen LogP contribution is -2.30. The summed E-state index contributed by atoms with van der Waals surface area (Å²) in [4.78, 5) is 56.5. The Balaban J connectivity index is 1.37. The van der Waals surface area contributed by atoms with E-state index in [4.69, 9.17) is 11.6 Å². The minimum atomic E-state index is -1.02. The van der Waals surface area contributed by atoms with Crippen LogP contribution < -0.4 is 10.6 Å². The highest BCUT2D eigenvalue weighted by molar-refractivity contribution is 6.31. The standard InChI is InChI=1S/C33H25ClFN5O5/c1-17-21-11-12-26(23(21)10-9-22(17)33(44)45)39-32(43)28-15-27(31(42)37-20-7-4-6-19(35)14-20)38-30-24(16-36-40(28)30)29(41)13-18-5-2-3-8-25(18)34/h2-10,14-16,26H,11-13H2,1H3,(H,37,42)(H,39,43)(H,44,45)/t26-/m0/s1. The lowest BCUT2D eigenvalue weighted by atomic mass is 9.98. The Morgan fingerprint density at radius 2 is 1.82 bits per heavy atom. The van der Waals surface area contributed by atoms with Gasteiger partial charge in [-0.15, -0.1) is 0 Å². The van der Waals surface area contributed by atoms with Crippen molar-refractivity contribution in [1.29, 1.82) is 0 Å². The second-order valence-electron chi connectivity index (χ2n) is 10.7. The molecule has 1 aliphatic rings. The molecule has 0 unspecified atom stereocenters. The summed E-state index contributed by atoms with van der Waals surface area (Å²) in [5.41, 5.74) is 3.08. The molecule has 6 rings (SSSR count). The van der Waals surface area contributed by atoms with Gasteiger partial charge in [0.1, 0.15) is 17.2 Å². The highest BCUT2D eigenvalue weighted by atomic mass is 35.5. The van der Waals surface area contributed by atoms with Crippen molar-refractivity contribution in [1.82, 2.24) is 19.9 Å². The van der Waals surface area contributed by atoms with Gasteiger partial charge in [0.25, 0.3) is 11.8 Å². The number of hydrogen-bond donors (Lipinski definition) is 3. The van der Waals surface area contributed by atoms with Gasteiger partial charge in [0, 0.05) is 23.2 Å². The van der Waals surface area contributed by atoms with Crippen LogP contribution >= 0.6 is 11.6 Å². The SMILES string of the molecule is Cc1c(C(=O)O)ccc2c1CC[C@@H]2NC(=O)c1cc(C(=O)Nc2cccc(F)c2)nc2c(C(=O)Cc3ccccc3Cl)cnn12. The van der Waals surface area contributed by atoms with Gasteiger partial charge in [-0.3, -0.25) is 14.4 Å². The number of carbonyl (C=O) groups is 4. The molecule has 0 saturated heterocycles. The largest absolute Gasteiger partial charge is 0.478 e. The Morgan fingerprint density at radius 1 is 1.02 bits per heavy atom. The van der Waals surface area contributed by atoms with Gasteiger partial charge >= 0.3 is 5.97 Å². The van der Waals surface area contributed by atoms with E-state index in [1.54, 1.807) is 37.3 Å². The number of aromatic carboxylic acids is 1. The number of carbonyl (C=O) groups excluding carboxylic acids is 3. The van der Waals surface area contributed by atoms with Crippen molar-refractivity contribution >= 4 is 46.5 Å². The minimum Gasteiger partial charge on any atom is -0.478 e. The Morgan fingerprint density at radius 3 is 2.58 bits per heavy atom. The number of Topliss-reactive ketones (excluding diaryl/α,β-unsaturated/α-hetero) is 1. The number of fused-ring (bicyclic) bond motifs is 2. The molecule has 0 spiro atoms. The van der Waals surface area contributed by atoms with E-state index in [0.717, 1.165) is 17.2 Å². The van der Waals surface area contributed by atoms with Crippen molar-refractivity contribution in [2.45, 2.75) is 32.2 Å². The number of carboxylic acids is 1. The van der Waals surface area contributed by atoms with Crippen LogP contribution in [0.25, 0.3) is 5.65 Å².